The molecule has 0 bridgehead atoms. The Kier molecular flexibility index (Phi) is 4.79. The lowest BCUT2D eigenvalue weighted by Crippen LogP contribution is -2.34. The van der Waals surface area contributed by atoms with Crippen molar-refractivity contribution < 1.29 is 13.3 Å². The van der Waals surface area contributed by atoms with Crippen molar-refractivity contribution in [3.05, 3.63) is 28.3 Å². The smallest absolute Gasteiger partial charge is 0.271 e. The van der Waals surface area contributed by atoms with Crippen LogP contribution < -0.4 is 10.5 Å². The lowest BCUT2D eigenvalue weighted by Gasteiger charge is -2.17. The van der Waals surface area contributed by atoms with Crippen LogP contribution in [0.5, 0.6) is 0 Å². The van der Waals surface area contributed by atoms with E-state index in [4.69, 9.17) is 5.73 Å². The molecule has 1 aliphatic carbocycles. The summed E-state index contributed by atoms with van der Waals surface area (Å²) in [5, 5.41) is 10.7. The fourth-order valence-corrected chi connectivity index (χ4v) is 3.99. The van der Waals surface area contributed by atoms with Crippen LogP contribution in [0.2, 0.25) is 0 Å². The summed E-state index contributed by atoms with van der Waals surface area (Å²) in [7, 11) is -3.75. The average molecular weight is 313 g/mol. The molecule has 0 radical (unpaired) electrons. The molecule has 8 heteroatoms. The average Bonchev–Trinajstić information content (AvgIpc) is 2.66. The first-order valence-corrected chi connectivity index (χ1v) is 8.45. The zero-order valence-corrected chi connectivity index (χ0v) is 12.4. The molecule has 3 N–H and O–H groups in total. The quantitative estimate of drug-likeness (QED) is 0.382. The Labute approximate surface area is 123 Å². The zero-order valence-electron chi connectivity index (χ0n) is 11.6. The lowest BCUT2D eigenvalue weighted by molar-refractivity contribution is -0.384. The second-order valence-corrected chi connectivity index (χ2v) is 6.97. The Morgan fingerprint density at radius 3 is 2.33 bits per heavy atom. The van der Waals surface area contributed by atoms with Crippen LogP contribution >= 0.6 is 0 Å². The van der Waals surface area contributed by atoms with Crippen molar-refractivity contribution in [1.29, 1.82) is 0 Å². The van der Waals surface area contributed by atoms with E-state index >= 15 is 0 Å². The largest absolute Gasteiger partial charge is 0.397 e. The summed E-state index contributed by atoms with van der Waals surface area (Å²) < 4.78 is 27.4. The van der Waals surface area contributed by atoms with Gasteiger partial charge in [0.2, 0.25) is 10.0 Å². The van der Waals surface area contributed by atoms with Gasteiger partial charge in [-0.1, -0.05) is 25.7 Å². The van der Waals surface area contributed by atoms with Gasteiger partial charge in [-0.05, 0) is 18.9 Å². The molecule has 116 valence electrons. The minimum absolute atomic E-state index is 0.0907. The first-order chi connectivity index (χ1) is 9.90. The fourth-order valence-electron chi connectivity index (χ4n) is 2.57. The van der Waals surface area contributed by atoms with E-state index in [2.05, 4.69) is 4.72 Å². The molecule has 1 aliphatic rings. The summed E-state index contributed by atoms with van der Waals surface area (Å²) in [4.78, 5) is 9.95. The summed E-state index contributed by atoms with van der Waals surface area (Å²) in [5.74, 6) is 0. The number of hydrogen-bond acceptors (Lipinski definition) is 5. The summed E-state index contributed by atoms with van der Waals surface area (Å²) >= 11 is 0. The van der Waals surface area contributed by atoms with Crippen molar-refractivity contribution in [3.63, 3.8) is 0 Å². The Morgan fingerprint density at radius 2 is 1.81 bits per heavy atom. The van der Waals surface area contributed by atoms with E-state index in [9.17, 15) is 18.5 Å². The van der Waals surface area contributed by atoms with Crippen molar-refractivity contribution in [2.24, 2.45) is 0 Å². The predicted molar refractivity (Wildman–Crippen MR) is 79.3 cm³/mol. The SMILES string of the molecule is Nc1cc([N+](=O)[O-])ccc1S(=O)(=O)NC1CCCCCC1. The normalized spacial score (nSPS) is 17.3. The maximum absolute atomic E-state index is 12.4. The van der Waals surface area contributed by atoms with Crippen LogP contribution in [0.3, 0.4) is 0 Å². The molecule has 0 spiro atoms. The van der Waals surface area contributed by atoms with Gasteiger partial charge in [-0.15, -0.1) is 0 Å². The predicted octanol–water partition coefficient (Wildman–Crippen LogP) is 2.18. The number of non-ortho nitro benzene ring substituents is 1. The number of nitrogens with one attached hydrogen (secondary N) is 1. The summed E-state index contributed by atoms with van der Waals surface area (Å²) in [6.07, 6.45) is 5.87. The van der Waals surface area contributed by atoms with Gasteiger partial charge < -0.3 is 5.73 Å². The summed E-state index contributed by atoms with van der Waals surface area (Å²) in [5.41, 5.74) is 5.33. The third kappa shape index (κ3) is 3.92. The molecule has 0 heterocycles. The second-order valence-electron chi connectivity index (χ2n) is 5.29. The standard InChI is InChI=1S/C13H19N3O4S/c14-12-9-11(16(17)18)7-8-13(12)21(19,20)15-10-5-3-1-2-4-6-10/h7-10,15H,1-6,14H2. The zero-order chi connectivity index (χ0) is 15.5. The molecule has 1 aromatic carbocycles. The van der Waals surface area contributed by atoms with Crippen LogP contribution in [-0.4, -0.2) is 19.4 Å². The van der Waals surface area contributed by atoms with Gasteiger partial charge in [-0.25, -0.2) is 13.1 Å². The number of anilines is 1. The molecule has 1 saturated carbocycles. The van der Waals surface area contributed by atoms with Crippen LogP contribution in [0.4, 0.5) is 11.4 Å². The number of rotatable bonds is 4. The molecule has 0 aromatic heterocycles. The topological polar surface area (TPSA) is 115 Å². The molecule has 0 amide bonds. The first-order valence-electron chi connectivity index (χ1n) is 6.96. The van der Waals surface area contributed by atoms with Gasteiger partial charge in [0.15, 0.2) is 0 Å². The fraction of sp³-hybridized carbons (Fsp3) is 0.538. The van der Waals surface area contributed by atoms with Crippen LogP contribution in [0.25, 0.3) is 0 Å². The molecule has 1 aromatic rings. The Bertz CT molecular complexity index is 622. The molecule has 1 fully saturated rings. The Morgan fingerprint density at radius 1 is 1.19 bits per heavy atom. The number of nitro benzene ring substituents is 1. The number of nitrogens with zero attached hydrogens (tertiary/aromatic N) is 1. The van der Waals surface area contributed by atoms with Crippen molar-refractivity contribution in [1.82, 2.24) is 4.72 Å². The van der Waals surface area contributed by atoms with Crippen LogP contribution in [0, 0.1) is 10.1 Å². The van der Waals surface area contributed by atoms with Crippen molar-refractivity contribution in [3.8, 4) is 0 Å². The molecule has 7 nitrogen and oxygen atoms in total. The van der Waals surface area contributed by atoms with E-state index < -0.39 is 14.9 Å². The molecular weight excluding hydrogens is 294 g/mol. The van der Waals surface area contributed by atoms with Crippen LogP contribution in [0.15, 0.2) is 23.1 Å². The van der Waals surface area contributed by atoms with E-state index in [1.807, 2.05) is 0 Å². The van der Waals surface area contributed by atoms with Gasteiger partial charge in [0, 0.05) is 18.2 Å². The minimum atomic E-state index is -3.75. The number of nitrogen functional groups attached to an aromatic ring is 1. The summed E-state index contributed by atoms with van der Waals surface area (Å²) in [6.45, 7) is 0. The Balaban J connectivity index is 2.20. The number of hydrogen-bond donors (Lipinski definition) is 2. The highest BCUT2D eigenvalue weighted by Gasteiger charge is 2.24. The number of benzene rings is 1. The maximum atomic E-state index is 12.4. The van der Waals surface area contributed by atoms with Crippen molar-refractivity contribution in [2.75, 3.05) is 5.73 Å². The van der Waals surface area contributed by atoms with E-state index in [1.54, 1.807) is 0 Å². The van der Waals surface area contributed by atoms with Gasteiger partial charge in [0.05, 0.1) is 10.6 Å². The third-order valence-electron chi connectivity index (χ3n) is 3.67. The van der Waals surface area contributed by atoms with E-state index in [0.29, 0.717) is 0 Å². The molecule has 0 aliphatic heterocycles. The first kappa shape index (κ1) is 15.7. The highest BCUT2D eigenvalue weighted by atomic mass is 32.2. The number of nitro groups is 1. The van der Waals surface area contributed by atoms with Gasteiger partial charge >= 0.3 is 0 Å². The highest BCUT2D eigenvalue weighted by Crippen LogP contribution is 2.25. The highest BCUT2D eigenvalue weighted by molar-refractivity contribution is 7.89. The van der Waals surface area contributed by atoms with Gasteiger partial charge in [-0.2, -0.15) is 0 Å². The van der Waals surface area contributed by atoms with E-state index in [1.165, 1.54) is 6.07 Å². The monoisotopic (exact) mass is 313 g/mol. The maximum Gasteiger partial charge on any atom is 0.271 e. The Hall–Kier alpha value is -1.67. The van der Waals surface area contributed by atoms with E-state index in [0.717, 1.165) is 50.7 Å². The number of sulfonamides is 1. The minimum Gasteiger partial charge on any atom is -0.397 e. The van der Waals surface area contributed by atoms with Gasteiger partial charge in [0.25, 0.3) is 5.69 Å². The molecule has 0 unspecified atom stereocenters. The number of nitrogens with two attached hydrogens (primary N) is 1. The second kappa shape index (κ2) is 6.40. The van der Waals surface area contributed by atoms with E-state index in [-0.39, 0.29) is 22.3 Å². The third-order valence-corrected chi connectivity index (χ3v) is 5.27. The molecule has 2 rings (SSSR count). The molecule has 0 saturated heterocycles. The van der Waals surface area contributed by atoms with Crippen LogP contribution in [0.1, 0.15) is 38.5 Å². The van der Waals surface area contributed by atoms with Crippen molar-refractivity contribution >= 4 is 21.4 Å². The van der Waals surface area contributed by atoms with Crippen LogP contribution in [-0.2, 0) is 10.0 Å². The molecular formula is C13H19N3O4S. The van der Waals surface area contributed by atoms with Crippen molar-refractivity contribution in [2.45, 2.75) is 49.5 Å². The van der Waals surface area contributed by atoms with Gasteiger partial charge in [0.1, 0.15) is 4.90 Å². The van der Waals surface area contributed by atoms with Gasteiger partial charge in [-0.3, -0.25) is 10.1 Å². The molecule has 21 heavy (non-hydrogen) atoms. The summed E-state index contributed by atoms with van der Waals surface area (Å²) in [6, 6.07) is 3.32. The molecule has 0 atom stereocenters. The lowest BCUT2D eigenvalue weighted by atomic mass is 10.1.